The minimum absolute atomic E-state index is 0.150. The minimum Gasteiger partial charge on any atom is -0.394 e. The van der Waals surface area contributed by atoms with Gasteiger partial charge in [0.25, 0.3) is 0 Å². The number of rotatable bonds is 6. The van der Waals surface area contributed by atoms with Crippen LogP contribution in [-0.2, 0) is 4.74 Å². The number of aliphatic hydroxyl groups is 4. The Morgan fingerprint density at radius 1 is 1.22 bits per heavy atom. The topological polar surface area (TPSA) is 174 Å². The van der Waals surface area contributed by atoms with Crippen molar-refractivity contribution in [2.75, 3.05) is 18.5 Å². The average molecular weight is 377 g/mol. The second kappa shape index (κ2) is 7.17. The van der Waals surface area contributed by atoms with E-state index in [0.29, 0.717) is 22.7 Å². The molecule has 1 fully saturated rings. The van der Waals surface area contributed by atoms with Crippen molar-refractivity contribution in [1.82, 2.24) is 29.5 Å². The van der Waals surface area contributed by atoms with Crippen molar-refractivity contribution in [3.63, 3.8) is 0 Å². The summed E-state index contributed by atoms with van der Waals surface area (Å²) >= 11 is 0. The number of anilines is 1. The molecular weight excluding hydrogens is 358 g/mol. The van der Waals surface area contributed by atoms with Crippen molar-refractivity contribution >= 4 is 17.0 Å². The second-order valence-corrected chi connectivity index (χ2v) is 6.17. The summed E-state index contributed by atoms with van der Waals surface area (Å²) in [6.45, 7) is -0.272. The molecule has 0 saturated carbocycles. The molecule has 0 aromatic carbocycles. The molecule has 144 valence electrons. The van der Waals surface area contributed by atoms with E-state index in [9.17, 15) is 20.4 Å². The van der Waals surface area contributed by atoms with Crippen LogP contribution in [0.5, 0.6) is 0 Å². The highest BCUT2D eigenvalue weighted by Gasteiger charge is 2.44. The van der Waals surface area contributed by atoms with Gasteiger partial charge < -0.3 is 35.5 Å². The molecule has 1 aliphatic heterocycles. The molecule has 0 bridgehead atoms. The highest BCUT2D eigenvalue weighted by Crippen LogP contribution is 2.32. The third-order valence-electron chi connectivity index (χ3n) is 4.47. The summed E-state index contributed by atoms with van der Waals surface area (Å²) in [6, 6.07) is 0. The predicted molar refractivity (Wildman–Crippen MR) is 90.4 cm³/mol. The standard InChI is InChI=1S/C15H19N7O5/c23-3-9-11(25)12(26)15(27-9)22-6-21-10-13(19-5-20-14(10)22)17-2-8(24)7-1-16-4-18-7/h1,4-6,8-9,11-12,15,23-26H,2-3H2,(H,16,18)(H,17,19,20)/t8?,9-,11-,12-,15-/m1/s1. The van der Waals surface area contributed by atoms with Gasteiger partial charge in [0.2, 0.25) is 0 Å². The van der Waals surface area contributed by atoms with Crippen molar-refractivity contribution in [3.05, 3.63) is 30.9 Å². The van der Waals surface area contributed by atoms with Crippen molar-refractivity contribution in [3.8, 4) is 0 Å². The van der Waals surface area contributed by atoms with E-state index < -0.39 is 37.3 Å². The summed E-state index contributed by atoms with van der Waals surface area (Å²) in [5.41, 5.74) is 1.27. The van der Waals surface area contributed by atoms with E-state index in [-0.39, 0.29) is 6.54 Å². The van der Waals surface area contributed by atoms with Gasteiger partial charge in [-0.2, -0.15) is 0 Å². The van der Waals surface area contributed by atoms with Crippen LogP contribution in [0.3, 0.4) is 0 Å². The Hall–Kier alpha value is -2.64. The van der Waals surface area contributed by atoms with Gasteiger partial charge in [0.15, 0.2) is 23.2 Å². The molecule has 0 radical (unpaired) electrons. The first-order valence-corrected chi connectivity index (χ1v) is 8.30. The quantitative estimate of drug-likeness (QED) is 0.291. The molecule has 3 aromatic heterocycles. The molecule has 1 saturated heterocycles. The van der Waals surface area contributed by atoms with Crippen LogP contribution in [0.4, 0.5) is 5.82 Å². The van der Waals surface area contributed by atoms with Gasteiger partial charge in [0.05, 0.1) is 25.0 Å². The largest absolute Gasteiger partial charge is 0.394 e. The molecule has 5 atom stereocenters. The smallest absolute Gasteiger partial charge is 0.167 e. The molecule has 27 heavy (non-hydrogen) atoms. The van der Waals surface area contributed by atoms with Gasteiger partial charge in [-0.25, -0.2) is 19.9 Å². The van der Waals surface area contributed by atoms with E-state index in [4.69, 9.17) is 4.74 Å². The number of fused-ring (bicyclic) bond motifs is 1. The Bertz CT molecular complexity index is 901. The molecule has 0 aliphatic carbocycles. The molecule has 12 nitrogen and oxygen atoms in total. The Morgan fingerprint density at radius 2 is 2.07 bits per heavy atom. The molecular formula is C15H19N7O5. The number of imidazole rings is 2. The maximum Gasteiger partial charge on any atom is 0.167 e. The predicted octanol–water partition coefficient (Wildman–Crippen LogP) is -1.69. The number of H-pyrrole nitrogens is 1. The van der Waals surface area contributed by atoms with E-state index in [1.807, 2.05) is 0 Å². The number of aliphatic hydroxyl groups excluding tert-OH is 4. The zero-order chi connectivity index (χ0) is 19.0. The van der Waals surface area contributed by atoms with Crippen LogP contribution in [0.1, 0.15) is 18.0 Å². The van der Waals surface area contributed by atoms with E-state index in [1.165, 1.54) is 23.5 Å². The maximum absolute atomic E-state index is 10.2. The fraction of sp³-hybridized carbons (Fsp3) is 0.467. The molecule has 3 aromatic rings. The summed E-state index contributed by atoms with van der Waals surface area (Å²) in [6.07, 6.45) is 0.644. The zero-order valence-electron chi connectivity index (χ0n) is 14.0. The van der Waals surface area contributed by atoms with Crippen molar-refractivity contribution in [2.24, 2.45) is 0 Å². The van der Waals surface area contributed by atoms with Gasteiger partial charge >= 0.3 is 0 Å². The van der Waals surface area contributed by atoms with Crippen LogP contribution < -0.4 is 5.32 Å². The number of nitrogens with one attached hydrogen (secondary N) is 2. The number of aromatic nitrogens is 6. The van der Waals surface area contributed by atoms with Crippen molar-refractivity contribution < 1.29 is 25.2 Å². The monoisotopic (exact) mass is 377 g/mol. The lowest BCUT2D eigenvalue weighted by atomic mass is 10.1. The van der Waals surface area contributed by atoms with E-state index >= 15 is 0 Å². The number of aromatic amines is 1. The first kappa shape index (κ1) is 17.8. The highest BCUT2D eigenvalue weighted by atomic mass is 16.6. The van der Waals surface area contributed by atoms with E-state index in [2.05, 4.69) is 30.2 Å². The van der Waals surface area contributed by atoms with Crippen molar-refractivity contribution in [1.29, 1.82) is 0 Å². The first-order valence-electron chi connectivity index (χ1n) is 8.30. The number of hydrogen-bond acceptors (Lipinski definition) is 10. The fourth-order valence-corrected chi connectivity index (χ4v) is 3.03. The van der Waals surface area contributed by atoms with Crippen LogP contribution >= 0.6 is 0 Å². The Labute approximate surface area is 152 Å². The summed E-state index contributed by atoms with van der Waals surface area (Å²) in [7, 11) is 0. The van der Waals surface area contributed by atoms with Crippen molar-refractivity contribution in [2.45, 2.75) is 30.6 Å². The van der Waals surface area contributed by atoms with Crippen LogP contribution in [-0.4, -0.2) is 81.4 Å². The van der Waals surface area contributed by atoms with Gasteiger partial charge in [0.1, 0.15) is 30.7 Å². The first-order chi connectivity index (χ1) is 13.1. The third kappa shape index (κ3) is 3.13. The Kier molecular flexibility index (Phi) is 4.72. The Balaban J connectivity index is 1.57. The number of nitrogens with zero attached hydrogens (tertiary/aromatic N) is 5. The lowest BCUT2D eigenvalue weighted by Crippen LogP contribution is -2.33. The Morgan fingerprint density at radius 3 is 2.78 bits per heavy atom. The maximum atomic E-state index is 10.2. The summed E-state index contributed by atoms with van der Waals surface area (Å²) in [5.74, 6) is 0.389. The summed E-state index contributed by atoms with van der Waals surface area (Å²) < 4.78 is 6.98. The molecule has 0 spiro atoms. The SMILES string of the molecule is OC[C@H]1O[C@@H](n2cnc3c(NCC(O)c4c[nH]cn4)ncnc32)[C@H](O)[C@@H]1O. The summed E-state index contributed by atoms with van der Waals surface area (Å²) in [5, 5.41) is 42.5. The van der Waals surface area contributed by atoms with E-state index in [0.717, 1.165) is 0 Å². The van der Waals surface area contributed by atoms with Crippen LogP contribution in [0.15, 0.2) is 25.2 Å². The molecule has 6 N–H and O–H groups in total. The molecule has 1 unspecified atom stereocenters. The highest BCUT2D eigenvalue weighted by molar-refractivity contribution is 5.82. The fourth-order valence-electron chi connectivity index (χ4n) is 3.03. The molecule has 0 amide bonds. The average Bonchev–Trinajstić information content (AvgIpc) is 3.41. The molecule has 4 heterocycles. The van der Waals surface area contributed by atoms with Crippen LogP contribution in [0, 0.1) is 0 Å². The molecule has 1 aliphatic rings. The number of ether oxygens (including phenoxy) is 1. The number of hydrogen-bond donors (Lipinski definition) is 6. The molecule has 4 rings (SSSR count). The second-order valence-electron chi connectivity index (χ2n) is 6.17. The van der Waals surface area contributed by atoms with Gasteiger partial charge in [-0.05, 0) is 0 Å². The van der Waals surface area contributed by atoms with Gasteiger partial charge in [-0.1, -0.05) is 0 Å². The van der Waals surface area contributed by atoms with Gasteiger partial charge in [-0.15, -0.1) is 0 Å². The van der Waals surface area contributed by atoms with E-state index in [1.54, 1.807) is 6.20 Å². The van der Waals surface area contributed by atoms with Crippen LogP contribution in [0.2, 0.25) is 0 Å². The van der Waals surface area contributed by atoms with Crippen LogP contribution in [0.25, 0.3) is 11.2 Å². The van der Waals surface area contributed by atoms with Gasteiger partial charge in [-0.3, -0.25) is 4.57 Å². The zero-order valence-corrected chi connectivity index (χ0v) is 14.0. The minimum atomic E-state index is -1.24. The lowest BCUT2D eigenvalue weighted by molar-refractivity contribution is -0.0511. The third-order valence-corrected chi connectivity index (χ3v) is 4.47. The lowest BCUT2D eigenvalue weighted by Gasteiger charge is -2.16. The normalized spacial score (nSPS) is 26.5. The molecule has 12 heteroatoms. The van der Waals surface area contributed by atoms with Gasteiger partial charge in [0, 0.05) is 12.7 Å². The summed E-state index contributed by atoms with van der Waals surface area (Å²) in [4.78, 5) is 19.3.